The lowest BCUT2D eigenvalue weighted by Gasteiger charge is -2.26. The normalized spacial score (nSPS) is 20.7. The molecule has 2 aromatic heterocycles. The maximum atomic E-state index is 13.9. The Balaban J connectivity index is 1.44. The summed E-state index contributed by atoms with van der Waals surface area (Å²) in [6, 6.07) is 9.79. The molecule has 1 aliphatic heterocycles. The molecule has 1 amide bonds. The summed E-state index contributed by atoms with van der Waals surface area (Å²) in [5.74, 6) is 0.774. The first-order chi connectivity index (χ1) is 17.8. The number of nitrogens with zero attached hydrogens (tertiary/aromatic N) is 3. The lowest BCUT2D eigenvalue weighted by atomic mass is 9.89. The lowest BCUT2D eigenvalue weighted by molar-refractivity contribution is -0.129. The summed E-state index contributed by atoms with van der Waals surface area (Å²) < 4.78 is 25.7. The van der Waals surface area contributed by atoms with E-state index in [0.29, 0.717) is 37.0 Å². The van der Waals surface area contributed by atoms with Crippen LogP contribution in [-0.2, 0) is 40.4 Å². The molecule has 7 nitrogen and oxygen atoms in total. The van der Waals surface area contributed by atoms with E-state index in [9.17, 15) is 18.0 Å². The molecule has 2 aliphatic rings. The molecule has 198 valence electrons. The van der Waals surface area contributed by atoms with E-state index in [1.165, 1.54) is 16.6 Å². The third kappa shape index (κ3) is 5.66. The molecule has 0 spiro atoms. The number of carbonyl (C=O) groups is 1. The zero-order valence-corrected chi connectivity index (χ0v) is 23.8. The predicted octanol–water partition coefficient (Wildman–Crippen LogP) is 3.95. The highest BCUT2D eigenvalue weighted by Crippen LogP contribution is 2.36. The number of aryl methyl sites for hydroxylation is 2. The highest BCUT2D eigenvalue weighted by atomic mass is 32.2. The molecule has 3 aromatic rings. The lowest BCUT2D eigenvalue weighted by Crippen LogP contribution is -2.42. The summed E-state index contributed by atoms with van der Waals surface area (Å²) in [6.07, 6.45) is 4.15. The van der Waals surface area contributed by atoms with Gasteiger partial charge in [-0.2, -0.15) is 0 Å². The highest BCUT2D eigenvalue weighted by molar-refractivity contribution is 7.99. The van der Waals surface area contributed by atoms with Gasteiger partial charge in [0.25, 0.3) is 5.56 Å². The SMILES string of the molecule is CCN(C(=O)CSc1nc2sc3c(c2c(=O)n1CCc1ccccc1)CCC(C)C3)C1CCS(=O)(=O)C1. The Labute approximate surface area is 226 Å². The molecule has 1 aliphatic carbocycles. The zero-order valence-electron chi connectivity index (χ0n) is 21.3. The first-order valence-corrected chi connectivity index (χ1v) is 16.6. The predicted molar refractivity (Wildman–Crippen MR) is 150 cm³/mol. The quantitative estimate of drug-likeness (QED) is 0.307. The fourth-order valence-electron chi connectivity index (χ4n) is 5.47. The molecule has 2 atom stereocenters. The van der Waals surface area contributed by atoms with Gasteiger partial charge in [-0.25, -0.2) is 13.4 Å². The standard InChI is InChI=1S/C27H33N3O4S3/c1-3-29(20-12-14-37(33,34)17-20)23(31)16-35-27-28-25-24(21-10-9-18(2)15-22(21)36-25)26(32)30(27)13-11-19-7-5-4-6-8-19/h4-8,18,20H,3,9-17H2,1-2H3. The number of hydrogen-bond acceptors (Lipinski definition) is 7. The molecular weight excluding hydrogens is 527 g/mol. The molecule has 1 fully saturated rings. The molecule has 2 unspecified atom stereocenters. The van der Waals surface area contributed by atoms with Crippen LogP contribution in [0.1, 0.15) is 42.7 Å². The number of hydrogen-bond donors (Lipinski definition) is 0. The minimum atomic E-state index is -3.08. The minimum absolute atomic E-state index is 0.0165. The molecule has 1 saturated heterocycles. The molecule has 0 saturated carbocycles. The van der Waals surface area contributed by atoms with Crippen LogP contribution in [0.4, 0.5) is 0 Å². The van der Waals surface area contributed by atoms with Gasteiger partial charge in [0.15, 0.2) is 15.0 Å². The van der Waals surface area contributed by atoms with Crippen molar-refractivity contribution in [3.05, 3.63) is 56.7 Å². The van der Waals surface area contributed by atoms with E-state index in [-0.39, 0.29) is 34.8 Å². The van der Waals surface area contributed by atoms with Crippen LogP contribution in [0.5, 0.6) is 0 Å². The van der Waals surface area contributed by atoms with E-state index in [4.69, 9.17) is 4.98 Å². The summed E-state index contributed by atoms with van der Waals surface area (Å²) in [5.41, 5.74) is 2.29. The summed E-state index contributed by atoms with van der Waals surface area (Å²) >= 11 is 2.91. The van der Waals surface area contributed by atoms with Gasteiger partial charge in [-0.3, -0.25) is 14.2 Å². The Bertz CT molecular complexity index is 1460. The summed E-state index contributed by atoms with van der Waals surface area (Å²) in [6.45, 7) is 5.08. The Morgan fingerprint density at radius 1 is 1.24 bits per heavy atom. The van der Waals surface area contributed by atoms with Gasteiger partial charge in [-0.15, -0.1) is 11.3 Å². The van der Waals surface area contributed by atoms with Gasteiger partial charge in [0.2, 0.25) is 5.91 Å². The average Bonchev–Trinajstić information content (AvgIpc) is 3.42. The van der Waals surface area contributed by atoms with Crippen LogP contribution in [0, 0.1) is 5.92 Å². The van der Waals surface area contributed by atoms with Gasteiger partial charge in [0.05, 0.1) is 22.6 Å². The molecule has 3 heterocycles. The van der Waals surface area contributed by atoms with Crippen molar-refractivity contribution in [2.75, 3.05) is 23.8 Å². The van der Waals surface area contributed by atoms with E-state index in [2.05, 4.69) is 19.1 Å². The zero-order chi connectivity index (χ0) is 26.2. The van der Waals surface area contributed by atoms with Gasteiger partial charge in [0, 0.05) is 24.0 Å². The number of aromatic nitrogens is 2. The molecule has 0 bridgehead atoms. The van der Waals surface area contributed by atoms with Gasteiger partial charge in [-0.05, 0) is 56.1 Å². The monoisotopic (exact) mass is 559 g/mol. The number of amides is 1. The maximum absolute atomic E-state index is 13.9. The van der Waals surface area contributed by atoms with Crippen molar-refractivity contribution in [1.29, 1.82) is 0 Å². The first kappa shape index (κ1) is 26.4. The Hall–Kier alpha value is -2.17. The van der Waals surface area contributed by atoms with Crippen molar-refractivity contribution in [3.8, 4) is 0 Å². The average molecular weight is 560 g/mol. The summed E-state index contributed by atoms with van der Waals surface area (Å²) in [5, 5.41) is 1.31. The second kappa shape index (κ2) is 10.9. The summed E-state index contributed by atoms with van der Waals surface area (Å²) in [4.78, 5) is 35.7. The number of carbonyl (C=O) groups excluding carboxylic acids is 1. The van der Waals surface area contributed by atoms with E-state index in [1.807, 2.05) is 25.1 Å². The van der Waals surface area contributed by atoms with Crippen LogP contribution >= 0.6 is 23.1 Å². The molecule has 0 N–H and O–H groups in total. The molecule has 37 heavy (non-hydrogen) atoms. The Morgan fingerprint density at radius 2 is 2.03 bits per heavy atom. The fraction of sp³-hybridized carbons (Fsp3) is 0.519. The number of benzene rings is 1. The van der Waals surface area contributed by atoms with Crippen molar-refractivity contribution < 1.29 is 13.2 Å². The van der Waals surface area contributed by atoms with Crippen LogP contribution < -0.4 is 5.56 Å². The van der Waals surface area contributed by atoms with Gasteiger partial charge >= 0.3 is 0 Å². The number of rotatable bonds is 8. The third-order valence-electron chi connectivity index (χ3n) is 7.48. The second-order valence-corrected chi connectivity index (χ2v) is 14.4. The molecule has 5 rings (SSSR count). The van der Waals surface area contributed by atoms with E-state index < -0.39 is 9.84 Å². The van der Waals surface area contributed by atoms with Crippen molar-refractivity contribution in [2.24, 2.45) is 5.92 Å². The van der Waals surface area contributed by atoms with Crippen molar-refractivity contribution in [2.45, 2.75) is 63.7 Å². The molecule has 10 heteroatoms. The molecular formula is C27H33N3O4S3. The first-order valence-electron chi connectivity index (χ1n) is 13.0. The Kier molecular flexibility index (Phi) is 7.79. The van der Waals surface area contributed by atoms with Crippen LogP contribution in [-0.4, -0.2) is 58.6 Å². The van der Waals surface area contributed by atoms with Crippen LogP contribution in [0.2, 0.25) is 0 Å². The number of fused-ring (bicyclic) bond motifs is 3. The third-order valence-corrected chi connectivity index (χ3v) is 11.3. The van der Waals surface area contributed by atoms with Crippen molar-refractivity contribution >= 4 is 49.1 Å². The van der Waals surface area contributed by atoms with E-state index in [0.717, 1.165) is 40.6 Å². The maximum Gasteiger partial charge on any atom is 0.263 e. The topological polar surface area (TPSA) is 89.3 Å². The summed E-state index contributed by atoms with van der Waals surface area (Å²) in [7, 11) is -3.08. The molecule has 0 radical (unpaired) electrons. The van der Waals surface area contributed by atoms with Crippen molar-refractivity contribution in [1.82, 2.24) is 14.5 Å². The highest BCUT2D eigenvalue weighted by Gasteiger charge is 2.34. The van der Waals surface area contributed by atoms with Crippen LogP contribution in [0.15, 0.2) is 40.3 Å². The second-order valence-electron chi connectivity index (χ2n) is 10.1. The van der Waals surface area contributed by atoms with Crippen LogP contribution in [0.25, 0.3) is 10.2 Å². The van der Waals surface area contributed by atoms with Crippen LogP contribution in [0.3, 0.4) is 0 Å². The number of thiophene rings is 1. The van der Waals surface area contributed by atoms with E-state index >= 15 is 0 Å². The van der Waals surface area contributed by atoms with Crippen molar-refractivity contribution in [3.63, 3.8) is 0 Å². The largest absolute Gasteiger partial charge is 0.338 e. The van der Waals surface area contributed by atoms with Gasteiger partial charge in [0.1, 0.15) is 4.83 Å². The minimum Gasteiger partial charge on any atom is -0.338 e. The van der Waals surface area contributed by atoms with E-state index in [1.54, 1.807) is 20.8 Å². The van der Waals surface area contributed by atoms with Gasteiger partial charge < -0.3 is 4.90 Å². The fourth-order valence-corrected chi connectivity index (χ4v) is 9.53. The smallest absolute Gasteiger partial charge is 0.263 e. The number of thioether (sulfide) groups is 1. The number of sulfone groups is 1. The molecule has 1 aromatic carbocycles. The Morgan fingerprint density at radius 3 is 2.73 bits per heavy atom. The van der Waals surface area contributed by atoms with Gasteiger partial charge in [-0.1, -0.05) is 49.0 Å².